The Morgan fingerprint density at radius 1 is 0.268 bits per heavy atom. The Hall–Kier alpha value is -7.16. The molecule has 0 aliphatic carbocycles. The van der Waals surface area contributed by atoms with E-state index in [1.54, 1.807) is 0 Å². The molecule has 2 aliphatic rings. The molecule has 2 aliphatic heterocycles. The SMILES string of the molecule is c1ccc2c(c1)Oc1ccc3ccccc3c1C2c1ccc2ccccc2c1.c1ccc2c(c1)Oc1ccc3ccccc3c1C2c1cccc2ccccc12. The Labute approximate surface area is 325 Å². The van der Waals surface area contributed by atoms with Crippen LogP contribution in [0, 0.1) is 0 Å². The molecule has 0 aromatic heterocycles. The van der Waals surface area contributed by atoms with Crippen LogP contribution in [0.2, 0.25) is 0 Å². The summed E-state index contributed by atoms with van der Waals surface area (Å²) in [6.45, 7) is 0. The maximum atomic E-state index is 6.35. The molecular formula is C54H36O2. The van der Waals surface area contributed by atoms with Crippen LogP contribution in [0.15, 0.2) is 206 Å². The van der Waals surface area contributed by atoms with Gasteiger partial charge >= 0.3 is 0 Å². The largest absolute Gasteiger partial charge is 0.457 e. The van der Waals surface area contributed by atoms with Gasteiger partial charge in [0.25, 0.3) is 0 Å². The van der Waals surface area contributed by atoms with Crippen molar-refractivity contribution in [3.8, 4) is 23.0 Å². The highest BCUT2D eigenvalue weighted by molar-refractivity contribution is 5.94. The Balaban J connectivity index is 0.000000130. The van der Waals surface area contributed by atoms with Gasteiger partial charge in [-0.1, -0.05) is 182 Å². The van der Waals surface area contributed by atoms with E-state index in [4.69, 9.17) is 9.47 Å². The predicted molar refractivity (Wildman–Crippen MR) is 231 cm³/mol. The van der Waals surface area contributed by atoms with Gasteiger partial charge in [0.2, 0.25) is 0 Å². The van der Waals surface area contributed by atoms with Crippen molar-refractivity contribution in [1.82, 2.24) is 0 Å². The minimum Gasteiger partial charge on any atom is -0.457 e. The zero-order valence-corrected chi connectivity index (χ0v) is 30.6. The molecule has 10 aromatic carbocycles. The smallest absolute Gasteiger partial charge is 0.132 e. The monoisotopic (exact) mass is 716 g/mol. The van der Waals surface area contributed by atoms with Crippen molar-refractivity contribution in [2.45, 2.75) is 11.8 Å². The van der Waals surface area contributed by atoms with Gasteiger partial charge in [0.15, 0.2) is 0 Å². The quantitative estimate of drug-likeness (QED) is 0.177. The molecule has 0 fully saturated rings. The second kappa shape index (κ2) is 13.3. The molecule has 2 atom stereocenters. The first-order valence-electron chi connectivity index (χ1n) is 19.3. The van der Waals surface area contributed by atoms with Crippen LogP contribution in [0.5, 0.6) is 23.0 Å². The van der Waals surface area contributed by atoms with Gasteiger partial charge in [-0.25, -0.2) is 0 Å². The summed E-state index contributed by atoms with van der Waals surface area (Å²) in [4.78, 5) is 0. The van der Waals surface area contributed by atoms with Crippen LogP contribution in [0.3, 0.4) is 0 Å². The molecule has 264 valence electrons. The van der Waals surface area contributed by atoms with Crippen LogP contribution in [-0.2, 0) is 0 Å². The minimum absolute atomic E-state index is 0.136. The van der Waals surface area contributed by atoms with Gasteiger partial charge in [0.1, 0.15) is 23.0 Å². The number of fused-ring (bicyclic) bond motifs is 10. The van der Waals surface area contributed by atoms with E-state index in [0.29, 0.717) is 0 Å². The molecule has 2 heterocycles. The third kappa shape index (κ3) is 5.33. The summed E-state index contributed by atoms with van der Waals surface area (Å²) >= 11 is 0. The molecule has 2 heteroatoms. The number of rotatable bonds is 2. The maximum absolute atomic E-state index is 6.35. The average molecular weight is 717 g/mol. The van der Waals surface area contributed by atoms with Crippen molar-refractivity contribution in [2.75, 3.05) is 0 Å². The van der Waals surface area contributed by atoms with Gasteiger partial charge in [0, 0.05) is 34.1 Å². The van der Waals surface area contributed by atoms with Crippen molar-refractivity contribution >= 4 is 43.1 Å². The minimum atomic E-state index is 0.136. The number of hydrogen-bond acceptors (Lipinski definition) is 2. The van der Waals surface area contributed by atoms with Gasteiger partial charge in [-0.2, -0.15) is 0 Å². The third-order valence-corrected chi connectivity index (χ3v) is 11.6. The molecular weight excluding hydrogens is 681 g/mol. The van der Waals surface area contributed by atoms with Crippen LogP contribution < -0.4 is 9.47 Å². The molecule has 0 bridgehead atoms. The van der Waals surface area contributed by atoms with Crippen molar-refractivity contribution in [2.24, 2.45) is 0 Å². The van der Waals surface area contributed by atoms with Crippen LogP contribution in [0.25, 0.3) is 43.1 Å². The highest BCUT2D eigenvalue weighted by Gasteiger charge is 2.32. The first kappa shape index (κ1) is 32.3. The van der Waals surface area contributed by atoms with Gasteiger partial charge in [-0.15, -0.1) is 0 Å². The van der Waals surface area contributed by atoms with Gasteiger partial charge in [-0.05, 0) is 78.5 Å². The Kier molecular flexibility index (Phi) is 7.67. The molecule has 0 saturated heterocycles. The van der Waals surface area contributed by atoms with Crippen molar-refractivity contribution < 1.29 is 9.47 Å². The van der Waals surface area contributed by atoms with Crippen molar-refractivity contribution in [3.63, 3.8) is 0 Å². The Bertz CT molecular complexity index is 3110. The molecule has 0 amide bonds. The first-order chi connectivity index (χ1) is 27.8. The molecule has 10 aromatic rings. The van der Waals surface area contributed by atoms with Gasteiger partial charge in [0.05, 0.1) is 0 Å². The average Bonchev–Trinajstić information content (AvgIpc) is 3.27. The summed E-state index contributed by atoms with van der Waals surface area (Å²) in [7, 11) is 0. The summed E-state index contributed by atoms with van der Waals surface area (Å²) in [6.07, 6.45) is 0. The fourth-order valence-corrected chi connectivity index (χ4v) is 9.06. The molecule has 0 spiro atoms. The van der Waals surface area contributed by atoms with E-state index < -0.39 is 0 Å². The molecule has 2 nitrogen and oxygen atoms in total. The number of benzene rings is 10. The fourth-order valence-electron chi connectivity index (χ4n) is 9.06. The predicted octanol–water partition coefficient (Wildman–Crippen LogP) is 14.6. The van der Waals surface area contributed by atoms with Crippen LogP contribution in [-0.4, -0.2) is 0 Å². The Morgan fingerprint density at radius 3 is 1.34 bits per heavy atom. The van der Waals surface area contributed by atoms with E-state index in [0.717, 1.165) is 23.0 Å². The topological polar surface area (TPSA) is 18.5 Å². The van der Waals surface area contributed by atoms with E-state index >= 15 is 0 Å². The molecule has 0 radical (unpaired) electrons. The van der Waals surface area contributed by atoms with E-state index in [2.05, 4.69) is 194 Å². The molecule has 12 rings (SSSR count). The number of para-hydroxylation sites is 2. The number of hydrogen-bond donors (Lipinski definition) is 0. The lowest BCUT2D eigenvalue weighted by Crippen LogP contribution is -2.12. The highest BCUT2D eigenvalue weighted by Crippen LogP contribution is 2.52. The number of ether oxygens (including phenoxy) is 2. The lowest BCUT2D eigenvalue weighted by Gasteiger charge is -2.30. The summed E-state index contributed by atoms with van der Waals surface area (Å²) in [5.41, 5.74) is 7.59. The molecule has 0 N–H and O–H groups in total. The van der Waals surface area contributed by atoms with Crippen LogP contribution in [0.1, 0.15) is 45.2 Å². The van der Waals surface area contributed by atoms with E-state index in [-0.39, 0.29) is 11.8 Å². The second-order valence-electron chi connectivity index (χ2n) is 14.7. The maximum Gasteiger partial charge on any atom is 0.132 e. The summed E-state index contributed by atoms with van der Waals surface area (Å²) < 4.78 is 12.7. The van der Waals surface area contributed by atoms with E-state index in [1.807, 2.05) is 12.1 Å². The summed E-state index contributed by atoms with van der Waals surface area (Å²) in [6, 6.07) is 73.2. The first-order valence-corrected chi connectivity index (χ1v) is 19.3. The lowest BCUT2D eigenvalue weighted by molar-refractivity contribution is 0.454. The van der Waals surface area contributed by atoms with E-state index in [9.17, 15) is 0 Å². The molecule has 56 heavy (non-hydrogen) atoms. The van der Waals surface area contributed by atoms with E-state index in [1.165, 1.54) is 76.5 Å². The fraction of sp³-hybridized carbons (Fsp3) is 0.0370. The summed E-state index contributed by atoms with van der Waals surface area (Å²) in [5.74, 6) is 4.09. The van der Waals surface area contributed by atoms with Crippen molar-refractivity contribution in [3.05, 3.63) is 240 Å². The van der Waals surface area contributed by atoms with Crippen molar-refractivity contribution in [1.29, 1.82) is 0 Å². The zero-order chi connectivity index (χ0) is 37.0. The van der Waals surface area contributed by atoms with Gasteiger partial charge < -0.3 is 9.47 Å². The van der Waals surface area contributed by atoms with Crippen LogP contribution in [0.4, 0.5) is 0 Å². The zero-order valence-electron chi connectivity index (χ0n) is 30.6. The normalized spacial score (nSPS) is 15.1. The summed E-state index contributed by atoms with van der Waals surface area (Å²) in [5, 5.41) is 10.1. The molecule has 2 unspecified atom stereocenters. The lowest BCUT2D eigenvalue weighted by atomic mass is 9.79. The van der Waals surface area contributed by atoms with Gasteiger partial charge in [-0.3, -0.25) is 0 Å². The van der Waals surface area contributed by atoms with Crippen LogP contribution >= 0.6 is 0 Å². The third-order valence-electron chi connectivity index (χ3n) is 11.6. The second-order valence-corrected chi connectivity index (χ2v) is 14.7. The molecule has 0 saturated carbocycles. The highest BCUT2D eigenvalue weighted by atomic mass is 16.5. The standard InChI is InChI=1S/2C27H18O/c1-3-11-20-18(8-1)10-7-14-22(20)26-23-13-5-6-15-24(23)28-25-17-16-19-9-2-4-12-21(19)27(25)26;1-2-9-20-17-21(14-13-18(20)7-1)26-23-11-5-6-12-24(23)28-25-16-15-19-8-3-4-10-22(19)27(25)26/h2*1-17,26H. The Morgan fingerprint density at radius 2 is 0.696 bits per heavy atom.